The number of aliphatic imine (C=N–C) groups is 2. The molecule has 0 aliphatic carbocycles. The smallest absolute Gasteiger partial charge is 0.316 e. The number of thioether (sulfide) groups is 1. The fourth-order valence-electron chi connectivity index (χ4n) is 3.37. The second-order valence-electron chi connectivity index (χ2n) is 7.04. The van der Waals surface area contributed by atoms with Crippen molar-refractivity contribution in [2.45, 2.75) is 32.4 Å². The van der Waals surface area contributed by atoms with Crippen LogP contribution in [-0.2, 0) is 25.7 Å². The maximum Gasteiger partial charge on any atom is 0.316 e. The molecule has 8 nitrogen and oxygen atoms in total. The van der Waals surface area contributed by atoms with Crippen LogP contribution in [-0.4, -0.2) is 52.1 Å². The zero-order chi connectivity index (χ0) is 22.5. The fraction of sp³-hybridized carbons (Fsp3) is 0.318. The number of carbonyl (C=O) groups is 3. The lowest BCUT2D eigenvalue weighted by Crippen LogP contribution is -2.41. The van der Waals surface area contributed by atoms with E-state index in [0.29, 0.717) is 36.3 Å². The van der Waals surface area contributed by atoms with E-state index in [1.807, 2.05) is 41.8 Å². The van der Waals surface area contributed by atoms with E-state index in [4.69, 9.17) is 4.74 Å². The minimum absolute atomic E-state index is 0.0433. The summed E-state index contributed by atoms with van der Waals surface area (Å²) in [4.78, 5) is 49.0. The van der Waals surface area contributed by atoms with Gasteiger partial charge in [-0.15, -0.1) is 11.3 Å². The highest BCUT2D eigenvalue weighted by atomic mass is 32.2. The van der Waals surface area contributed by atoms with Crippen molar-refractivity contribution in [2.24, 2.45) is 9.98 Å². The van der Waals surface area contributed by atoms with Gasteiger partial charge in [-0.3, -0.25) is 19.4 Å². The Labute approximate surface area is 193 Å². The highest BCUT2D eigenvalue weighted by molar-refractivity contribution is 8.14. The summed E-state index contributed by atoms with van der Waals surface area (Å²) < 4.78 is 4.98. The van der Waals surface area contributed by atoms with Gasteiger partial charge in [0.05, 0.1) is 24.6 Å². The van der Waals surface area contributed by atoms with Crippen molar-refractivity contribution in [3.05, 3.63) is 52.2 Å². The van der Waals surface area contributed by atoms with Crippen molar-refractivity contribution in [1.82, 2.24) is 10.2 Å². The molecule has 3 heterocycles. The number of para-hydroxylation sites is 1. The number of rotatable bonds is 8. The van der Waals surface area contributed by atoms with Crippen molar-refractivity contribution in [1.29, 1.82) is 0 Å². The predicted molar refractivity (Wildman–Crippen MR) is 125 cm³/mol. The molecule has 0 spiro atoms. The normalized spacial score (nSPS) is 16.7. The highest BCUT2D eigenvalue weighted by Gasteiger charge is 2.41. The van der Waals surface area contributed by atoms with E-state index in [-0.39, 0.29) is 30.0 Å². The molecule has 166 valence electrons. The van der Waals surface area contributed by atoms with E-state index in [9.17, 15) is 14.4 Å². The third kappa shape index (κ3) is 4.91. The van der Waals surface area contributed by atoms with Crippen LogP contribution in [0.5, 0.6) is 0 Å². The molecule has 0 fully saturated rings. The van der Waals surface area contributed by atoms with Crippen molar-refractivity contribution in [3.63, 3.8) is 0 Å². The van der Waals surface area contributed by atoms with Gasteiger partial charge in [0.25, 0.3) is 5.91 Å². The number of hydrogen-bond acceptors (Lipinski definition) is 8. The molecule has 32 heavy (non-hydrogen) atoms. The Morgan fingerprint density at radius 1 is 1.25 bits per heavy atom. The summed E-state index contributed by atoms with van der Waals surface area (Å²) in [6.45, 7) is 2.51. The Hall–Kier alpha value is -2.98. The molecular weight excluding hydrogens is 448 g/mol. The Balaban J connectivity index is 1.45. The van der Waals surface area contributed by atoms with E-state index in [1.54, 1.807) is 18.3 Å². The van der Waals surface area contributed by atoms with E-state index in [1.165, 1.54) is 4.90 Å². The number of amides is 2. The summed E-state index contributed by atoms with van der Waals surface area (Å²) in [7, 11) is 0. The van der Waals surface area contributed by atoms with Crippen LogP contribution in [0.4, 0.5) is 5.69 Å². The summed E-state index contributed by atoms with van der Waals surface area (Å²) in [6, 6.07) is 10.7. The molecule has 0 radical (unpaired) electrons. The SMILES string of the molecule is CCOC(=O)CSC1=Nc2ccccc2C2=N[C@@H](CCC(=O)NCc3cccs3)C(=O)N12. The van der Waals surface area contributed by atoms with Crippen LogP contribution in [0.2, 0.25) is 0 Å². The minimum Gasteiger partial charge on any atom is -0.465 e. The average molecular weight is 471 g/mol. The van der Waals surface area contributed by atoms with Gasteiger partial charge in [-0.2, -0.15) is 0 Å². The van der Waals surface area contributed by atoms with Gasteiger partial charge in [-0.1, -0.05) is 30.0 Å². The maximum atomic E-state index is 13.2. The lowest BCUT2D eigenvalue weighted by molar-refractivity contribution is -0.139. The summed E-state index contributed by atoms with van der Waals surface area (Å²) >= 11 is 2.72. The number of ether oxygens (including phenoxy) is 1. The van der Waals surface area contributed by atoms with Crippen LogP contribution in [0.3, 0.4) is 0 Å². The molecule has 2 aliphatic rings. The molecule has 0 saturated heterocycles. The number of thiophene rings is 1. The van der Waals surface area contributed by atoms with Gasteiger partial charge in [0.2, 0.25) is 5.91 Å². The number of nitrogens with one attached hydrogen (secondary N) is 1. The Bertz CT molecular complexity index is 1080. The number of esters is 1. The van der Waals surface area contributed by atoms with E-state index < -0.39 is 6.04 Å². The van der Waals surface area contributed by atoms with Crippen LogP contribution < -0.4 is 5.32 Å². The Morgan fingerprint density at radius 3 is 2.88 bits per heavy atom. The maximum absolute atomic E-state index is 13.2. The molecule has 0 unspecified atom stereocenters. The zero-order valence-corrected chi connectivity index (χ0v) is 19.1. The lowest BCUT2D eigenvalue weighted by Gasteiger charge is -2.25. The quantitative estimate of drug-likeness (QED) is 0.598. The van der Waals surface area contributed by atoms with Crippen LogP contribution in [0, 0.1) is 0 Å². The number of carbonyl (C=O) groups excluding carboxylic acids is 3. The monoisotopic (exact) mass is 470 g/mol. The molecular formula is C22H22N4O4S2. The number of fused-ring (bicyclic) bond motifs is 3. The van der Waals surface area contributed by atoms with Gasteiger partial charge in [-0.25, -0.2) is 9.89 Å². The number of benzene rings is 1. The molecule has 1 atom stereocenters. The molecule has 0 saturated carbocycles. The van der Waals surface area contributed by atoms with E-state index in [0.717, 1.165) is 22.2 Å². The summed E-state index contributed by atoms with van der Waals surface area (Å²) in [5.74, 6) is -0.182. The lowest BCUT2D eigenvalue weighted by atomic mass is 10.1. The van der Waals surface area contributed by atoms with Crippen molar-refractivity contribution in [2.75, 3.05) is 12.4 Å². The molecule has 1 aromatic heterocycles. The first-order valence-electron chi connectivity index (χ1n) is 10.2. The molecule has 2 aliphatic heterocycles. The molecule has 1 aromatic carbocycles. The zero-order valence-electron chi connectivity index (χ0n) is 17.4. The second kappa shape index (κ2) is 10.1. The van der Waals surface area contributed by atoms with Crippen molar-refractivity contribution < 1.29 is 19.1 Å². The standard InChI is InChI=1S/C22H22N4O4S2/c1-2-30-19(28)13-32-22-25-16-8-4-3-7-15(16)20-24-17(21(29)26(20)22)9-10-18(27)23-12-14-6-5-11-31-14/h3-8,11,17H,2,9-10,12-13H2,1H3,(H,23,27)/t17-/m0/s1. The average Bonchev–Trinajstić information content (AvgIpc) is 3.43. The Kier molecular flexibility index (Phi) is 7.01. The van der Waals surface area contributed by atoms with Gasteiger partial charge >= 0.3 is 5.97 Å². The van der Waals surface area contributed by atoms with E-state index in [2.05, 4.69) is 15.3 Å². The minimum atomic E-state index is -0.669. The largest absolute Gasteiger partial charge is 0.465 e. The summed E-state index contributed by atoms with van der Waals surface area (Å²) in [6.07, 6.45) is 0.490. The predicted octanol–water partition coefficient (Wildman–Crippen LogP) is 3.10. The molecule has 0 bridgehead atoms. The first-order valence-corrected chi connectivity index (χ1v) is 12.1. The molecule has 10 heteroatoms. The molecule has 2 aromatic rings. The summed E-state index contributed by atoms with van der Waals surface area (Å²) in [5.41, 5.74) is 1.45. The van der Waals surface area contributed by atoms with Gasteiger partial charge in [0.15, 0.2) is 5.17 Å². The van der Waals surface area contributed by atoms with Gasteiger partial charge < -0.3 is 10.1 Å². The fourth-order valence-corrected chi connectivity index (χ4v) is 4.81. The van der Waals surface area contributed by atoms with Crippen LogP contribution in [0.25, 0.3) is 0 Å². The third-order valence-electron chi connectivity index (χ3n) is 4.86. The number of amidine groups is 2. The van der Waals surface area contributed by atoms with Gasteiger partial charge in [0.1, 0.15) is 11.9 Å². The Morgan fingerprint density at radius 2 is 2.09 bits per heavy atom. The van der Waals surface area contributed by atoms with Crippen molar-refractivity contribution in [3.8, 4) is 0 Å². The van der Waals surface area contributed by atoms with E-state index >= 15 is 0 Å². The molecule has 4 rings (SSSR count). The van der Waals surface area contributed by atoms with Gasteiger partial charge in [0, 0.05) is 16.9 Å². The van der Waals surface area contributed by atoms with Crippen LogP contribution >= 0.6 is 23.1 Å². The van der Waals surface area contributed by atoms with Crippen LogP contribution in [0.1, 0.15) is 30.2 Å². The second-order valence-corrected chi connectivity index (χ2v) is 9.02. The highest BCUT2D eigenvalue weighted by Crippen LogP contribution is 2.34. The summed E-state index contributed by atoms with van der Waals surface area (Å²) in [5, 5.41) is 5.23. The third-order valence-corrected chi connectivity index (χ3v) is 6.65. The van der Waals surface area contributed by atoms with Crippen molar-refractivity contribution >= 4 is 57.6 Å². The molecule has 2 amide bonds. The van der Waals surface area contributed by atoms with Gasteiger partial charge in [-0.05, 0) is 36.9 Å². The van der Waals surface area contributed by atoms with Crippen LogP contribution in [0.15, 0.2) is 51.8 Å². The topological polar surface area (TPSA) is 100 Å². The first kappa shape index (κ1) is 22.2. The number of nitrogens with zero attached hydrogens (tertiary/aromatic N) is 3. The first-order chi connectivity index (χ1) is 15.6. The number of hydrogen-bond donors (Lipinski definition) is 1. The molecule has 1 N–H and O–H groups in total.